The molecule has 0 N–H and O–H groups in total. The highest BCUT2D eigenvalue weighted by Crippen LogP contribution is 2.31. The van der Waals surface area contributed by atoms with Crippen LogP contribution >= 0.6 is 0 Å². The van der Waals surface area contributed by atoms with Gasteiger partial charge in [0, 0.05) is 24.1 Å². The summed E-state index contributed by atoms with van der Waals surface area (Å²) >= 11 is 0. The quantitative estimate of drug-likeness (QED) is 0.0985. The van der Waals surface area contributed by atoms with E-state index in [0.717, 1.165) is 38.5 Å². The second kappa shape index (κ2) is 17.9. The van der Waals surface area contributed by atoms with E-state index in [4.69, 9.17) is 4.99 Å². The molecular weight excluding hydrogens is 386 g/mol. The molecule has 0 spiro atoms. The minimum atomic E-state index is 0.414. The first kappa shape index (κ1) is 28.4. The van der Waals surface area contributed by atoms with Crippen LogP contribution in [0.5, 0.6) is 0 Å². The number of rotatable bonds is 16. The molecule has 1 aliphatic rings. The highest BCUT2D eigenvalue weighted by Gasteiger charge is 2.16. The van der Waals surface area contributed by atoms with Gasteiger partial charge in [-0.25, -0.2) is 0 Å². The molecule has 0 amide bonds. The van der Waals surface area contributed by atoms with E-state index < -0.39 is 0 Å². The molecule has 0 saturated heterocycles. The monoisotopic (exact) mass is 437 g/mol. The Morgan fingerprint density at radius 3 is 2.59 bits per heavy atom. The van der Waals surface area contributed by atoms with E-state index in [-0.39, 0.29) is 0 Å². The summed E-state index contributed by atoms with van der Waals surface area (Å²) < 4.78 is 0. The molecule has 180 valence electrons. The summed E-state index contributed by atoms with van der Waals surface area (Å²) in [6, 6.07) is 0.414. The van der Waals surface area contributed by atoms with Crippen LogP contribution in [0.15, 0.2) is 64.7 Å². The van der Waals surface area contributed by atoms with Gasteiger partial charge in [0.25, 0.3) is 0 Å². The average molecular weight is 438 g/mol. The Hall–Kier alpha value is -1.63. The van der Waals surface area contributed by atoms with Crippen LogP contribution < -0.4 is 0 Å². The van der Waals surface area contributed by atoms with E-state index in [1.807, 2.05) is 0 Å². The highest BCUT2D eigenvalue weighted by molar-refractivity contribution is 5.87. The fourth-order valence-corrected chi connectivity index (χ4v) is 4.27. The van der Waals surface area contributed by atoms with Gasteiger partial charge in [-0.05, 0) is 82.8 Å². The Bertz CT molecular complexity index is 671. The van der Waals surface area contributed by atoms with Gasteiger partial charge in [-0.15, -0.1) is 0 Å². The van der Waals surface area contributed by atoms with Gasteiger partial charge < -0.3 is 0 Å². The van der Waals surface area contributed by atoms with Gasteiger partial charge in [0.05, 0.1) is 0 Å². The molecule has 2 unspecified atom stereocenters. The third kappa shape index (κ3) is 11.8. The molecule has 0 aromatic rings. The van der Waals surface area contributed by atoms with Crippen LogP contribution in [0.4, 0.5) is 0 Å². The van der Waals surface area contributed by atoms with E-state index in [9.17, 15) is 0 Å². The molecule has 0 aliphatic heterocycles. The van der Waals surface area contributed by atoms with Crippen molar-refractivity contribution in [1.29, 1.82) is 0 Å². The molecule has 2 atom stereocenters. The second-order valence-electron chi connectivity index (χ2n) is 9.46. The minimum absolute atomic E-state index is 0.414. The molecule has 0 saturated carbocycles. The van der Waals surface area contributed by atoms with E-state index in [1.165, 1.54) is 61.8 Å². The first-order valence-electron chi connectivity index (χ1n) is 13.4. The maximum atomic E-state index is 5.17. The van der Waals surface area contributed by atoms with Crippen molar-refractivity contribution in [2.75, 3.05) is 0 Å². The molecular formula is C31H51N. The predicted molar refractivity (Wildman–Crippen MR) is 147 cm³/mol. The zero-order valence-corrected chi connectivity index (χ0v) is 22.0. The van der Waals surface area contributed by atoms with Gasteiger partial charge in [0.15, 0.2) is 0 Å². The summed E-state index contributed by atoms with van der Waals surface area (Å²) in [5.41, 5.74) is 5.76. The van der Waals surface area contributed by atoms with Crippen molar-refractivity contribution in [2.24, 2.45) is 10.9 Å². The normalized spacial score (nSPS) is 18.7. The minimum Gasteiger partial charge on any atom is -0.291 e. The molecule has 0 radical (unpaired) electrons. The Morgan fingerprint density at radius 1 is 1.06 bits per heavy atom. The lowest BCUT2D eigenvalue weighted by Gasteiger charge is -2.21. The summed E-state index contributed by atoms with van der Waals surface area (Å²) in [7, 11) is 0. The lowest BCUT2D eigenvalue weighted by Crippen LogP contribution is -2.10. The van der Waals surface area contributed by atoms with Crippen LogP contribution in [0.2, 0.25) is 0 Å². The topological polar surface area (TPSA) is 12.4 Å². The van der Waals surface area contributed by atoms with Gasteiger partial charge in [-0.1, -0.05) is 88.6 Å². The summed E-state index contributed by atoms with van der Waals surface area (Å²) in [5, 5.41) is 0. The molecule has 1 nitrogen and oxygen atoms in total. The maximum Gasteiger partial charge on any atom is 0.0468 e. The van der Waals surface area contributed by atoms with Crippen LogP contribution in [-0.2, 0) is 0 Å². The summed E-state index contributed by atoms with van der Waals surface area (Å²) in [6.07, 6.45) is 29.1. The summed E-state index contributed by atoms with van der Waals surface area (Å²) in [6.45, 7) is 15.9. The standard InChI is InChI=1S/C31H51N/c1-7-10-12-14-20-24-31(32-26(4)9-3)25-30(23-17-13-11-8-2)28(6)27(5)29-21-18-15-16-19-22-29/h10,12,15-16,18,21,26,29H,5,7-9,11,13-14,17,19-20,22-25H2,1-4,6H3. The SMILES string of the molecule is C=C(C(C)=C(CCCCCC)CC(CCCC=CCC)=NC(C)CC)C1C=CC=CCC1. The third-order valence-electron chi connectivity index (χ3n) is 6.68. The molecule has 0 aromatic carbocycles. The Kier molecular flexibility index (Phi) is 15.9. The van der Waals surface area contributed by atoms with Crippen LogP contribution in [0.1, 0.15) is 118 Å². The molecule has 0 heterocycles. The average Bonchev–Trinajstić information content (AvgIpc) is 3.09. The number of allylic oxidation sites excluding steroid dienone is 9. The van der Waals surface area contributed by atoms with Gasteiger partial charge in [0.2, 0.25) is 0 Å². The first-order chi connectivity index (χ1) is 15.5. The zero-order chi connectivity index (χ0) is 23.6. The molecule has 1 heteroatoms. The molecule has 1 aliphatic carbocycles. The van der Waals surface area contributed by atoms with E-state index in [1.54, 1.807) is 5.57 Å². The van der Waals surface area contributed by atoms with Crippen molar-refractivity contribution in [3.8, 4) is 0 Å². The first-order valence-corrected chi connectivity index (χ1v) is 13.4. The number of hydrogen-bond donors (Lipinski definition) is 0. The largest absolute Gasteiger partial charge is 0.291 e. The molecule has 32 heavy (non-hydrogen) atoms. The van der Waals surface area contributed by atoms with Crippen molar-refractivity contribution in [3.05, 3.63) is 59.8 Å². The van der Waals surface area contributed by atoms with Crippen molar-refractivity contribution in [2.45, 2.75) is 124 Å². The third-order valence-corrected chi connectivity index (χ3v) is 6.68. The van der Waals surface area contributed by atoms with E-state index in [2.05, 4.69) is 77.7 Å². The number of aliphatic imine (C=N–C) groups is 1. The van der Waals surface area contributed by atoms with Gasteiger partial charge in [0.1, 0.15) is 0 Å². The Labute approximate surface area is 200 Å². The van der Waals surface area contributed by atoms with Crippen LogP contribution in [0.25, 0.3) is 0 Å². The predicted octanol–water partition coefficient (Wildman–Crippen LogP) is 10.1. The van der Waals surface area contributed by atoms with Crippen LogP contribution in [-0.4, -0.2) is 11.8 Å². The van der Waals surface area contributed by atoms with Gasteiger partial charge in [-0.2, -0.15) is 0 Å². The Morgan fingerprint density at radius 2 is 1.88 bits per heavy atom. The zero-order valence-electron chi connectivity index (χ0n) is 22.0. The number of nitrogens with zero attached hydrogens (tertiary/aromatic N) is 1. The summed E-state index contributed by atoms with van der Waals surface area (Å²) in [5.74, 6) is 0.463. The number of unbranched alkanes of at least 4 members (excludes halogenated alkanes) is 4. The van der Waals surface area contributed by atoms with Crippen molar-refractivity contribution >= 4 is 5.71 Å². The van der Waals surface area contributed by atoms with Crippen molar-refractivity contribution in [1.82, 2.24) is 0 Å². The van der Waals surface area contributed by atoms with Gasteiger partial charge >= 0.3 is 0 Å². The molecule has 0 aromatic heterocycles. The fourth-order valence-electron chi connectivity index (χ4n) is 4.27. The fraction of sp³-hybridized carbons (Fsp3) is 0.645. The van der Waals surface area contributed by atoms with E-state index in [0.29, 0.717) is 12.0 Å². The second-order valence-corrected chi connectivity index (χ2v) is 9.46. The van der Waals surface area contributed by atoms with Crippen LogP contribution in [0, 0.1) is 5.92 Å². The summed E-state index contributed by atoms with van der Waals surface area (Å²) in [4.78, 5) is 5.17. The maximum absolute atomic E-state index is 5.17. The molecule has 1 rings (SSSR count). The Balaban J connectivity index is 3.04. The lowest BCUT2D eigenvalue weighted by atomic mass is 9.85. The van der Waals surface area contributed by atoms with Crippen molar-refractivity contribution < 1.29 is 0 Å². The van der Waals surface area contributed by atoms with Crippen molar-refractivity contribution in [3.63, 3.8) is 0 Å². The number of hydrogen-bond acceptors (Lipinski definition) is 1. The smallest absolute Gasteiger partial charge is 0.0468 e. The van der Waals surface area contributed by atoms with E-state index >= 15 is 0 Å². The molecule has 0 fully saturated rings. The van der Waals surface area contributed by atoms with Crippen LogP contribution in [0.3, 0.4) is 0 Å². The highest BCUT2D eigenvalue weighted by atomic mass is 14.8. The van der Waals surface area contributed by atoms with Gasteiger partial charge in [-0.3, -0.25) is 4.99 Å². The molecule has 0 bridgehead atoms. The lowest BCUT2D eigenvalue weighted by molar-refractivity contribution is 0.652.